The van der Waals surface area contributed by atoms with Gasteiger partial charge in [-0.05, 0) is 49.7 Å². The standard InChI is InChI=1S/C15H30OSi/c1-7-10-17(5,6)16-15-11-13(4)8-9-14(15)12(2)3/h7,12-15H,1,8-11H2,2-6H3/t13-,14+,15-/m1/s1. The van der Waals surface area contributed by atoms with Gasteiger partial charge in [0.15, 0.2) is 8.32 Å². The SMILES string of the molecule is C=CC[Si](C)(C)O[C@@H]1C[C@H](C)CC[C@H]1C(C)C. The molecule has 1 aliphatic carbocycles. The summed E-state index contributed by atoms with van der Waals surface area (Å²) in [5.74, 6) is 2.35. The van der Waals surface area contributed by atoms with Crippen LogP contribution in [-0.4, -0.2) is 14.4 Å². The Morgan fingerprint density at radius 3 is 2.53 bits per heavy atom. The highest BCUT2D eigenvalue weighted by molar-refractivity contribution is 6.71. The third kappa shape index (κ3) is 4.59. The zero-order chi connectivity index (χ0) is 13.1. The van der Waals surface area contributed by atoms with Gasteiger partial charge in [-0.1, -0.05) is 33.3 Å². The van der Waals surface area contributed by atoms with E-state index in [0.717, 1.165) is 23.8 Å². The molecule has 1 saturated carbocycles. The van der Waals surface area contributed by atoms with Crippen molar-refractivity contribution in [1.82, 2.24) is 0 Å². The fourth-order valence-electron chi connectivity index (χ4n) is 3.06. The van der Waals surface area contributed by atoms with Crippen molar-refractivity contribution < 1.29 is 4.43 Å². The summed E-state index contributed by atoms with van der Waals surface area (Å²) in [4.78, 5) is 0. The number of allylic oxidation sites excluding steroid dienone is 1. The van der Waals surface area contributed by atoms with Crippen LogP contribution in [0.25, 0.3) is 0 Å². The molecule has 0 heterocycles. The van der Waals surface area contributed by atoms with E-state index < -0.39 is 8.32 Å². The van der Waals surface area contributed by atoms with E-state index in [4.69, 9.17) is 4.43 Å². The molecule has 0 spiro atoms. The molecule has 0 saturated heterocycles. The fourth-order valence-corrected chi connectivity index (χ4v) is 4.94. The van der Waals surface area contributed by atoms with Crippen molar-refractivity contribution in [2.24, 2.45) is 17.8 Å². The highest BCUT2D eigenvalue weighted by atomic mass is 28.4. The molecule has 2 heteroatoms. The molecule has 0 N–H and O–H groups in total. The van der Waals surface area contributed by atoms with Gasteiger partial charge in [0.1, 0.15) is 0 Å². The van der Waals surface area contributed by atoms with Crippen molar-refractivity contribution in [3.63, 3.8) is 0 Å². The summed E-state index contributed by atoms with van der Waals surface area (Å²) < 4.78 is 6.53. The van der Waals surface area contributed by atoms with Crippen molar-refractivity contribution in [3.05, 3.63) is 12.7 Å². The Balaban J connectivity index is 2.66. The number of hydrogen-bond donors (Lipinski definition) is 0. The van der Waals surface area contributed by atoms with Crippen LogP contribution in [0.5, 0.6) is 0 Å². The van der Waals surface area contributed by atoms with E-state index in [2.05, 4.69) is 40.4 Å². The van der Waals surface area contributed by atoms with E-state index >= 15 is 0 Å². The molecule has 17 heavy (non-hydrogen) atoms. The van der Waals surface area contributed by atoms with Crippen LogP contribution in [0.15, 0.2) is 12.7 Å². The lowest BCUT2D eigenvalue weighted by atomic mass is 9.75. The minimum atomic E-state index is -1.53. The van der Waals surface area contributed by atoms with Crippen LogP contribution < -0.4 is 0 Å². The highest BCUT2D eigenvalue weighted by Gasteiger charge is 2.35. The largest absolute Gasteiger partial charge is 0.414 e. The molecule has 0 aromatic rings. The lowest BCUT2D eigenvalue weighted by molar-refractivity contribution is 0.0397. The first kappa shape index (κ1) is 15.0. The molecule has 0 aliphatic heterocycles. The normalized spacial score (nSPS) is 30.6. The molecule has 0 amide bonds. The van der Waals surface area contributed by atoms with E-state index in [9.17, 15) is 0 Å². The van der Waals surface area contributed by atoms with Gasteiger partial charge in [0, 0.05) is 6.10 Å². The molecule has 100 valence electrons. The molecule has 1 aliphatic rings. The predicted molar refractivity (Wildman–Crippen MR) is 78.7 cm³/mol. The van der Waals surface area contributed by atoms with Crippen LogP contribution in [0.1, 0.15) is 40.0 Å². The molecule has 1 fully saturated rings. The Morgan fingerprint density at radius 1 is 1.35 bits per heavy atom. The predicted octanol–water partition coefficient (Wildman–Crippen LogP) is 4.85. The first-order valence-electron chi connectivity index (χ1n) is 7.14. The van der Waals surface area contributed by atoms with Gasteiger partial charge < -0.3 is 4.43 Å². The summed E-state index contributed by atoms with van der Waals surface area (Å²) in [7, 11) is -1.53. The van der Waals surface area contributed by atoms with Crippen molar-refractivity contribution in [2.75, 3.05) is 0 Å². The van der Waals surface area contributed by atoms with Gasteiger partial charge in [-0.25, -0.2) is 0 Å². The van der Waals surface area contributed by atoms with Gasteiger partial charge in [-0.2, -0.15) is 0 Å². The molecule has 0 aromatic carbocycles. The van der Waals surface area contributed by atoms with Crippen molar-refractivity contribution >= 4 is 8.32 Å². The van der Waals surface area contributed by atoms with Crippen LogP contribution in [-0.2, 0) is 4.43 Å². The zero-order valence-corrected chi connectivity index (χ0v) is 13.3. The van der Waals surface area contributed by atoms with Crippen LogP contribution >= 0.6 is 0 Å². The Bertz CT molecular complexity index is 247. The van der Waals surface area contributed by atoms with Gasteiger partial charge in [0.2, 0.25) is 0 Å². The maximum absolute atomic E-state index is 6.53. The minimum Gasteiger partial charge on any atom is -0.414 e. The number of hydrogen-bond acceptors (Lipinski definition) is 1. The van der Waals surface area contributed by atoms with Crippen LogP contribution in [0.2, 0.25) is 19.1 Å². The lowest BCUT2D eigenvalue weighted by Gasteiger charge is -2.41. The van der Waals surface area contributed by atoms with Crippen molar-refractivity contribution in [3.8, 4) is 0 Å². The van der Waals surface area contributed by atoms with Crippen LogP contribution in [0.4, 0.5) is 0 Å². The molecule has 0 unspecified atom stereocenters. The van der Waals surface area contributed by atoms with Crippen molar-refractivity contribution in [2.45, 2.75) is 65.3 Å². The summed E-state index contributed by atoms with van der Waals surface area (Å²) in [5.41, 5.74) is 0. The summed E-state index contributed by atoms with van der Waals surface area (Å²) in [5, 5.41) is 0. The van der Waals surface area contributed by atoms with E-state index in [-0.39, 0.29) is 0 Å². The molecule has 0 bridgehead atoms. The third-order valence-electron chi connectivity index (χ3n) is 4.07. The average molecular weight is 254 g/mol. The van der Waals surface area contributed by atoms with Gasteiger partial charge >= 0.3 is 0 Å². The average Bonchev–Trinajstić information content (AvgIpc) is 2.15. The number of rotatable bonds is 5. The second-order valence-corrected chi connectivity index (χ2v) is 10.9. The first-order chi connectivity index (χ1) is 7.85. The van der Waals surface area contributed by atoms with E-state index in [1.165, 1.54) is 19.3 Å². The van der Waals surface area contributed by atoms with Gasteiger partial charge in [-0.15, -0.1) is 6.58 Å². The Kier molecular flexibility index (Phi) is 5.45. The van der Waals surface area contributed by atoms with E-state index in [1.54, 1.807) is 0 Å². The quantitative estimate of drug-likeness (QED) is 0.503. The van der Waals surface area contributed by atoms with E-state index in [0.29, 0.717) is 6.10 Å². The second-order valence-electron chi connectivity index (χ2n) is 6.73. The van der Waals surface area contributed by atoms with Crippen molar-refractivity contribution in [1.29, 1.82) is 0 Å². The second kappa shape index (κ2) is 6.19. The van der Waals surface area contributed by atoms with Gasteiger partial charge in [0.05, 0.1) is 0 Å². The Morgan fingerprint density at radius 2 is 2.00 bits per heavy atom. The maximum Gasteiger partial charge on any atom is 0.190 e. The first-order valence-corrected chi connectivity index (χ1v) is 10.3. The smallest absolute Gasteiger partial charge is 0.190 e. The van der Waals surface area contributed by atoms with Gasteiger partial charge in [0.25, 0.3) is 0 Å². The molecule has 0 radical (unpaired) electrons. The molecular weight excluding hydrogens is 224 g/mol. The molecule has 3 atom stereocenters. The van der Waals surface area contributed by atoms with Gasteiger partial charge in [-0.3, -0.25) is 0 Å². The molecule has 1 rings (SSSR count). The lowest BCUT2D eigenvalue weighted by Crippen LogP contribution is -2.42. The maximum atomic E-state index is 6.53. The zero-order valence-electron chi connectivity index (χ0n) is 12.3. The van der Waals surface area contributed by atoms with Crippen LogP contribution in [0, 0.1) is 17.8 Å². The minimum absolute atomic E-state index is 0.500. The topological polar surface area (TPSA) is 9.23 Å². The monoisotopic (exact) mass is 254 g/mol. The highest BCUT2D eigenvalue weighted by Crippen LogP contribution is 2.37. The molecular formula is C15H30OSi. The summed E-state index contributed by atoms with van der Waals surface area (Å²) >= 11 is 0. The third-order valence-corrected chi connectivity index (χ3v) is 6.28. The molecule has 0 aromatic heterocycles. The Hall–Kier alpha value is -0.0831. The molecule has 1 nitrogen and oxygen atoms in total. The summed E-state index contributed by atoms with van der Waals surface area (Å²) in [6.45, 7) is 15.6. The Labute approximate surface area is 109 Å². The summed E-state index contributed by atoms with van der Waals surface area (Å²) in [6.07, 6.45) is 6.52. The van der Waals surface area contributed by atoms with E-state index in [1.807, 2.05) is 6.08 Å². The summed E-state index contributed by atoms with van der Waals surface area (Å²) in [6, 6.07) is 1.07. The fraction of sp³-hybridized carbons (Fsp3) is 0.867. The van der Waals surface area contributed by atoms with Crippen LogP contribution in [0.3, 0.4) is 0 Å².